The summed E-state index contributed by atoms with van der Waals surface area (Å²) in [4.78, 5) is 21.1. The molecule has 0 atom stereocenters. The van der Waals surface area contributed by atoms with Gasteiger partial charge in [0.2, 0.25) is 0 Å². The monoisotopic (exact) mass is 427 g/mol. The largest absolute Gasteiger partial charge is 0.367 e. The first-order chi connectivity index (χ1) is 14.2. The van der Waals surface area contributed by atoms with Gasteiger partial charge in [-0.3, -0.25) is 4.79 Å². The molecule has 1 saturated heterocycles. The van der Waals surface area contributed by atoms with Crippen LogP contribution in [0.15, 0.2) is 48.8 Å². The summed E-state index contributed by atoms with van der Waals surface area (Å²) in [6.07, 6.45) is 14.3. The lowest BCUT2D eigenvalue weighted by Crippen LogP contribution is -2.57. The molecular weight excluding hydrogens is 394 g/mol. The quantitative estimate of drug-likeness (QED) is 0.682. The molecule has 1 N–H and O–H groups in total. The summed E-state index contributed by atoms with van der Waals surface area (Å²) in [6.45, 7) is 3.82. The fourth-order valence-corrected chi connectivity index (χ4v) is 5.98. The van der Waals surface area contributed by atoms with E-state index in [9.17, 15) is 4.79 Å². The number of aromatic nitrogens is 1. The molecule has 2 heterocycles. The van der Waals surface area contributed by atoms with E-state index in [0.717, 1.165) is 30.0 Å². The maximum absolute atomic E-state index is 13.3. The van der Waals surface area contributed by atoms with Crippen molar-refractivity contribution in [3.8, 4) is 0 Å². The Morgan fingerprint density at radius 3 is 2.40 bits per heavy atom. The van der Waals surface area contributed by atoms with E-state index in [1.807, 2.05) is 36.7 Å². The number of aromatic amines is 1. The molecule has 1 amide bonds. The summed E-state index contributed by atoms with van der Waals surface area (Å²) in [5, 5.41) is 0. The minimum atomic E-state index is 0. The molecule has 5 heteroatoms. The summed E-state index contributed by atoms with van der Waals surface area (Å²) < 4.78 is 0. The van der Waals surface area contributed by atoms with Crippen LogP contribution in [0.25, 0.3) is 0 Å². The summed E-state index contributed by atoms with van der Waals surface area (Å²) in [5.41, 5.74) is 2.24. The van der Waals surface area contributed by atoms with Gasteiger partial charge >= 0.3 is 0 Å². The van der Waals surface area contributed by atoms with Gasteiger partial charge in [0.15, 0.2) is 0 Å². The lowest BCUT2D eigenvalue weighted by Gasteiger charge is -2.55. The first kappa shape index (κ1) is 21.5. The Morgan fingerprint density at radius 2 is 1.77 bits per heavy atom. The first-order valence-electron chi connectivity index (χ1n) is 11.5. The summed E-state index contributed by atoms with van der Waals surface area (Å²) in [6, 6.07) is 12.4. The second-order valence-electron chi connectivity index (χ2n) is 9.62. The molecule has 1 aromatic carbocycles. The first-order valence-corrected chi connectivity index (χ1v) is 11.5. The number of para-hydroxylation sites is 1. The molecule has 3 aliphatic rings. The lowest BCUT2D eigenvalue weighted by molar-refractivity contribution is 0.0111. The summed E-state index contributed by atoms with van der Waals surface area (Å²) in [7, 11) is 0. The molecule has 0 bridgehead atoms. The van der Waals surface area contributed by atoms with Gasteiger partial charge in [-0.1, -0.05) is 31.0 Å². The van der Waals surface area contributed by atoms with Crippen LogP contribution in [0.1, 0.15) is 61.7 Å². The third-order valence-electron chi connectivity index (χ3n) is 7.71. The van der Waals surface area contributed by atoms with Crippen LogP contribution >= 0.6 is 12.4 Å². The van der Waals surface area contributed by atoms with Crippen LogP contribution in [-0.2, 0) is 0 Å². The van der Waals surface area contributed by atoms with Gasteiger partial charge in [-0.05, 0) is 81.1 Å². The van der Waals surface area contributed by atoms with E-state index in [4.69, 9.17) is 0 Å². The van der Waals surface area contributed by atoms with Crippen LogP contribution in [-0.4, -0.2) is 41.5 Å². The number of benzene rings is 1. The van der Waals surface area contributed by atoms with Crippen LogP contribution in [0.3, 0.4) is 0 Å². The van der Waals surface area contributed by atoms with Crippen LogP contribution in [0, 0.1) is 11.3 Å². The molecule has 1 spiro atoms. The Balaban J connectivity index is 0.00000218. The number of halogens is 1. The van der Waals surface area contributed by atoms with Gasteiger partial charge in [0, 0.05) is 30.7 Å². The summed E-state index contributed by atoms with van der Waals surface area (Å²) >= 11 is 0. The third-order valence-corrected chi connectivity index (χ3v) is 7.71. The topological polar surface area (TPSA) is 39.3 Å². The SMILES string of the molecule is Cl.O=C(c1cc[nH]c1)N(c1ccccc1)C1CC2(CCN(CC3CCCC3)CC2)C1. The molecule has 162 valence electrons. The van der Waals surface area contributed by atoms with Gasteiger partial charge in [-0.2, -0.15) is 0 Å². The number of nitrogens with zero attached hydrogens (tertiary/aromatic N) is 2. The van der Waals surface area contributed by atoms with Gasteiger partial charge in [0.1, 0.15) is 0 Å². The minimum Gasteiger partial charge on any atom is -0.367 e. The van der Waals surface area contributed by atoms with E-state index in [0.29, 0.717) is 11.5 Å². The molecule has 0 radical (unpaired) electrons. The predicted molar refractivity (Wildman–Crippen MR) is 124 cm³/mol. The second kappa shape index (κ2) is 9.15. The molecule has 2 aliphatic carbocycles. The number of rotatable bonds is 5. The number of amides is 1. The number of hydrogen-bond donors (Lipinski definition) is 1. The van der Waals surface area contributed by atoms with Gasteiger partial charge in [-0.15, -0.1) is 12.4 Å². The van der Waals surface area contributed by atoms with E-state index >= 15 is 0 Å². The zero-order chi connectivity index (χ0) is 19.7. The van der Waals surface area contributed by atoms with E-state index < -0.39 is 0 Å². The maximum Gasteiger partial charge on any atom is 0.260 e. The molecule has 3 fully saturated rings. The normalized spacial score (nSPS) is 21.9. The van der Waals surface area contributed by atoms with Gasteiger partial charge in [0.05, 0.1) is 5.56 Å². The van der Waals surface area contributed by atoms with Crippen molar-refractivity contribution in [2.45, 2.75) is 57.4 Å². The van der Waals surface area contributed by atoms with Crippen molar-refractivity contribution >= 4 is 24.0 Å². The maximum atomic E-state index is 13.3. The van der Waals surface area contributed by atoms with Crippen molar-refractivity contribution in [1.82, 2.24) is 9.88 Å². The Labute approximate surface area is 186 Å². The highest BCUT2D eigenvalue weighted by atomic mass is 35.5. The number of carbonyl (C=O) groups is 1. The van der Waals surface area contributed by atoms with Gasteiger partial charge in [0.25, 0.3) is 5.91 Å². The van der Waals surface area contributed by atoms with Crippen molar-refractivity contribution in [1.29, 1.82) is 0 Å². The fraction of sp³-hybridized carbons (Fsp3) is 0.560. The number of hydrogen-bond acceptors (Lipinski definition) is 2. The molecule has 2 saturated carbocycles. The van der Waals surface area contributed by atoms with E-state index in [2.05, 4.69) is 26.9 Å². The van der Waals surface area contributed by atoms with Crippen molar-refractivity contribution < 1.29 is 4.79 Å². The second-order valence-corrected chi connectivity index (χ2v) is 9.62. The lowest BCUT2D eigenvalue weighted by atomic mass is 9.60. The van der Waals surface area contributed by atoms with Crippen LogP contribution in [0.5, 0.6) is 0 Å². The van der Waals surface area contributed by atoms with E-state index in [1.165, 1.54) is 58.2 Å². The number of H-pyrrole nitrogens is 1. The zero-order valence-corrected chi connectivity index (χ0v) is 18.6. The standard InChI is InChI=1S/C25H33N3O.ClH/c29-24(21-10-13-26-18-21)28(22-8-2-1-3-9-22)23-16-25(17-23)11-14-27(15-12-25)19-20-6-4-5-7-20;/h1-3,8-10,13,18,20,23,26H,4-7,11-12,14-17,19H2;1H. The van der Waals surface area contributed by atoms with Crippen LogP contribution in [0.2, 0.25) is 0 Å². The molecule has 0 unspecified atom stereocenters. The molecule has 2 aromatic rings. The van der Waals surface area contributed by atoms with Gasteiger partial charge in [-0.25, -0.2) is 0 Å². The molecule has 30 heavy (non-hydrogen) atoms. The number of likely N-dealkylation sites (tertiary alicyclic amines) is 1. The molecule has 1 aromatic heterocycles. The molecule has 4 nitrogen and oxygen atoms in total. The smallest absolute Gasteiger partial charge is 0.260 e. The average molecular weight is 428 g/mol. The Hall–Kier alpha value is -1.78. The molecule has 1 aliphatic heterocycles. The average Bonchev–Trinajstić information content (AvgIpc) is 3.43. The highest BCUT2D eigenvalue weighted by Crippen LogP contribution is 2.52. The number of piperidine rings is 1. The Kier molecular flexibility index (Phi) is 6.54. The fourth-order valence-electron chi connectivity index (χ4n) is 5.98. The number of carbonyl (C=O) groups excluding carboxylic acids is 1. The van der Waals surface area contributed by atoms with Crippen LogP contribution < -0.4 is 4.90 Å². The number of nitrogens with one attached hydrogen (secondary N) is 1. The van der Waals surface area contributed by atoms with Crippen molar-refractivity contribution in [2.75, 3.05) is 24.5 Å². The predicted octanol–water partition coefficient (Wildman–Crippen LogP) is 5.52. The third kappa shape index (κ3) is 4.31. The van der Waals surface area contributed by atoms with E-state index in [-0.39, 0.29) is 18.3 Å². The minimum absolute atomic E-state index is 0. The highest BCUT2D eigenvalue weighted by molar-refractivity contribution is 6.06. The van der Waals surface area contributed by atoms with Crippen molar-refractivity contribution in [3.05, 3.63) is 54.4 Å². The van der Waals surface area contributed by atoms with Gasteiger partial charge < -0.3 is 14.8 Å². The van der Waals surface area contributed by atoms with E-state index in [1.54, 1.807) is 0 Å². The molecular formula is C25H34ClN3O. The number of anilines is 1. The summed E-state index contributed by atoms with van der Waals surface area (Å²) in [5.74, 6) is 1.07. The zero-order valence-electron chi connectivity index (χ0n) is 17.8. The van der Waals surface area contributed by atoms with Crippen molar-refractivity contribution in [3.63, 3.8) is 0 Å². The Bertz CT molecular complexity index is 800. The Morgan fingerprint density at radius 1 is 1.07 bits per heavy atom. The van der Waals surface area contributed by atoms with Crippen LogP contribution in [0.4, 0.5) is 5.69 Å². The highest BCUT2D eigenvalue weighted by Gasteiger charge is 2.49. The van der Waals surface area contributed by atoms with Crippen molar-refractivity contribution in [2.24, 2.45) is 11.3 Å². The molecule has 5 rings (SSSR count).